The van der Waals surface area contributed by atoms with E-state index in [1.807, 2.05) is 0 Å². The summed E-state index contributed by atoms with van der Waals surface area (Å²) < 4.78 is 65.5. The minimum atomic E-state index is -4.32. The zero-order valence-electron chi connectivity index (χ0n) is 18.0. The minimum absolute atomic E-state index is 0.124. The molecule has 180 valence electrons. The van der Waals surface area contributed by atoms with Crippen molar-refractivity contribution in [1.29, 1.82) is 0 Å². The van der Waals surface area contributed by atoms with Gasteiger partial charge in [0, 0.05) is 13.1 Å². The molecule has 1 saturated heterocycles. The summed E-state index contributed by atoms with van der Waals surface area (Å²) in [5.74, 6) is -0.331. The van der Waals surface area contributed by atoms with E-state index in [2.05, 4.69) is 0 Å². The van der Waals surface area contributed by atoms with Gasteiger partial charge in [-0.1, -0.05) is 0 Å². The summed E-state index contributed by atoms with van der Waals surface area (Å²) in [6, 6.07) is 11.0. The lowest BCUT2D eigenvalue weighted by atomic mass is 10.3. The smallest absolute Gasteiger partial charge is 0.277 e. The molecule has 2 aromatic carbocycles. The van der Waals surface area contributed by atoms with Crippen molar-refractivity contribution in [3.05, 3.63) is 48.5 Å². The van der Waals surface area contributed by atoms with E-state index in [0.29, 0.717) is 24.3 Å². The lowest BCUT2D eigenvalue weighted by molar-refractivity contribution is -0.136. The van der Waals surface area contributed by atoms with E-state index in [-0.39, 0.29) is 22.9 Å². The third-order valence-electron chi connectivity index (χ3n) is 5.23. The van der Waals surface area contributed by atoms with E-state index in [9.17, 15) is 26.8 Å². The zero-order chi connectivity index (χ0) is 24.2. The highest BCUT2D eigenvalue weighted by Crippen LogP contribution is 2.29. The fourth-order valence-corrected chi connectivity index (χ4v) is 6.76. The first-order chi connectivity index (χ1) is 15.7. The molecular weight excluding hydrogens is 474 g/mol. The minimum Gasteiger partial charge on any atom is -0.497 e. The van der Waals surface area contributed by atoms with Gasteiger partial charge in [-0.15, -0.1) is 0 Å². The Morgan fingerprint density at radius 1 is 0.818 bits per heavy atom. The number of carbonyl (C=O) groups excluding carboxylic acids is 1. The molecule has 0 unspecified atom stereocenters. The molecule has 33 heavy (non-hydrogen) atoms. The molecule has 2 N–H and O–H groups in total. The van der Waals surface area contributed by atoms with Gasteiger partial charge in [0.25, 0.3) is 5.91 Å². The largest absolute Gasteiger partial charge is 0.497 e. The van der Waals surface area contributed by atoms with Crippen LogP contribution in [0.2, 0.25) is 0 Å². The molecule has 2 aromatic rings. The number of ether oxygens (including phenoxy) is 2. The van der Waals surface area contributed by atoms with Crippen molar-refractivity contribution in [3.63, 3.8) is 0 Å². The molecule has 0 bridgehead atoms. The van der Waals surface area contributed by atoms with E-state index in [1.54, 1.807) is 0 Å². The molecule has 0 atom stereocenters. The third-order valence-corrected chi connectivity index (χ3v) is 8.96. The van der Waals surface area contributed by atoms with Crippen LogP contribution in [0.25, 0.3) is 0 Å². The topological polar surface area (TPSA) is 143 Å². The monoisotopic (exact) mass is 499 g/mol. The van der Waals surface area contributed by atoms with Crippen molar-refractivity contribution in [1.82, 2.24) is 14.1 Å². The molecule has 0 radical (unpaired) electrons. The zero-order valence-corrected chi connectivity index (χ0v) is 19.7. The van der Waals surface area contributed by atoms with E-state index in [1.165, 1.54) is 68.2 Å². The maximum atomic E-state index is 13.4. The molecule has 0 aromatic heterocycles. The van der Waals surface area contributed by atoms with Gasteiger partial charge in [0.2, 0.25) is 20.0 Å². The first kappa shape index (κ1) is 24.9. The van der Waals surface area contributed by atoms with Crippen LogP contribution in [0, 0.1) is 0 Å². The Balaban J connectivity index is 2.09. The van der Waals surface area contributed by atoms with Crippen LogP contribution in [0.1, 0.15) is 12.8 Å². The molecule has 0 spiro atoms. The van der Waals surface area contributed by atoms with Gasteiger partial charge in [-0.05, 0) is 61.4 Å². The lowest BCUT2D eigenvalue weighted by Gasteiger charge is -2.34. The molecule has 3 rings (SSSR count). The highest BCUT2D eigenvalue weighted by Gasteiger charge is 2.46. The number of nitrogens with zero attached hydrogens (tertiary/aromatic N) is 2. The molecule has 13 heteroatoms. The molecule has 1 amide bonds. The Kier molecular flexibility index (Phi) is 7.59. The highest BCUT2D eigenvalue weighted by molar-refractivity contribution is 7.90. The third kappa shape index (κ3) is 4.96. The van der Waals surface area contributed by atoms with Crippen LogP contribution in [-0.4, -0.2) is 70.0 Å². The number of amides is 1. The number of hydroxylamine groups is 1. The molecule has 0 aliphatic carbocycles. The van der Waals surface area contributed by atoms with Crippen molar-refractivity contribution in [2.75, 3.05) is 27.3 Å². The molecular formula is C20H25N3O8S2. The van der Waals surface area contributed by atoms with Crippen molar-refractivity contribution in [2.24, 2.45) is 0 Å². The summed E-state index contributed by atoms with van der Waals surface area (Å²) in [5, 5.41) is 9.35. The van der Waals surface area contributed by atoms with E-state index in [0.717, 1.165) is 8.61 Å². The van der Waals surface area contributed by atoms with Gasteiger partial charge < -0.3 is 9.47 Å². The maximum absolute atomic E-state index is 13.4. The molecule has 1 heterocycles. The quantitative estimate of drug-likeness (QED) is 0.425. The van der Waals surface area contributed by atoms with Crippen LogP contribution in [0.3, 0.4) is 0 Å². The lowest BCUT2D eigenvalue weighted by Crippen LogP contribution is -2.58. The van der Waals surface area contributed by atoms with Gasteiger partial charge in [0.1, 0.15) is 11.5 Å². The second-order valence-electron chi connectivity index (χ2n) is 7.14. The number of nitrogens with one attached hydrogen (secondary N) is 1. The molecule has 11 nitrogen and oxygen atoms in total. The summed E-state index contributed by atoms with van der Waals surface area (Å²) in [7, 11) is -5.78. The maximum Gasteiger partial charge on any atom is 0.277 e. The van der Waals surface area contributed by atoms with Crippen molar-refractivity contribution in [3.8, 4) is 11.5 Å². The normalized spacial score (nSPS) is 16.7. The van der Waals surface area contributed by atoms with Crippen LogP contribution < -0.4 is 15.0 Å². The highest BCUT2D eigenvalue weighted by atomic mass is 32.2. The van der Waals surface area contributed by atoms with Crippen molar-refractivity contribution >= 4 is 26.0 Å². The molecule has 1 aliphatic rings. The standard InChI is InChI=1S/C20H25N3O8S2/c1-30-15-5-9-17(10-6-15)32(26,27)22-13-3-4-14-23(20(22)19(24)21-25)33(28,29)18-11-7-16(31-2)8-12-18/h5-12,20,25H,3-4,13-14H2,1-2H3,(H,21,24). The van der Waals surface area contributed by atoms with E-state index in [4.69, 9.17) is 9.47 Å². The summed E-state index contributed by atoms with van der Waals surface area (Å²) in [5.41, 5.74) is 1.41. The van der Waals surface area contributed by atoms with E-state index >= 15 is 0 Å². The Bertz CT molecular complexity index is 1100. The van der Waals surface area contributed by atoms with Crippen molar-refractivity contribution in [2.45, 2.75) is 28.8 Å². The number of sulfonamides is 2. The average molecular weight is 500 g/mol. The number of hydrogen-bond acceptors (Lipinski definition) is 8. The van der Waals surface area contributed by atoms with Crippen molar-refractivity contribution < 1.29 is 36.3 Å². The number of methoxy groups -OCH3 is 2. The predicted molar refractivity (Wildman–Crippen MR) is 117 cm³/mol. The van der Waals surface area contributed by atoms with Crippen LogP contribution >= 0.6 is 0 Å². The molecule has 1 fully saturated rings. The van der Waals surface area contributed by atoms with Crippen LogP contribution in [0.5, 0.6) is 11.5 Å². The Morgan fingerprint density at radius 3 is 1.48 bits per heavy atom. The Hall–Kier alpha value is -2.71. The second kappa shape index (κ2) is 10.1. The Labute approximate surface area is 192 Å². The second-order valence-corrected chi connectivity index (χ2v) is 10.9. The van der Waals surface area contributed by atoms with Gasteiger partial charge in [-0.3, -0.25) is 10.0 Å². The van der Waals surface area contributed by atoms with E-state index < -0.39 is 32.1 Å². The predicted octanol–water partition coefficient (Wildman–Crippen LogP) is 1.01. The summed E-state index contributed by atoms with van der Waals surface area (Å²) in [6.45, 7) is -0.248. The average Bonchev–Trinajstić information content (AvgIpc) is 3.08. The fourth-order valence-electron chi connectivity index (χ4n) is 3.51. The van der Waals surface area contributed by atoms with Crippen LogP contribution in [0.15, 0.2) is 58.3 Å². The summed E-state index contributed by atoms with van der Waals surface area (Å²) in [6.07, 6.45) is -1.23. The Morgan fingerprint density at radius 2 is 1.18 bits per heavy atom. The van der Waals surface area contributed by atoms with Crippen LogP contribution in [0.4, 0.5) is 0 Å². The SMILES string of the molecule is COc1ccc(S(=O)(=O)N2CCCCN(S(=O)(=O)c3ccc(OC)cc3)C2C(=O)NO)cc1. The van der Waals surface area contributed by atoms with Gasteiger partial charge >= 0.3 is 0 Å². The van der Waals surface area contributed by atoms with Gasteiger partial charge in [-0.25, -0.2) is 22.3 Å². The fraction of sp³-hybridized carbons (Fsp3) is 0.350. The first-order valence-corrected chi connectivity index (χ1v) is 12.8. The van der Waals surface area contributed by atoms with Crippen LogP contribution in [-0.2, 0) is 24.8 Å². The number of benzene rings is 2. The molecule has 0 saturated carbocycles. The summed E-state index contributed by atoms with van der Waals surface area (Å²) >= 11 is 0. The summed E-state index contributed by atoms with van der Waals surface area (Å²) in [4.78, 5) is 12.4. The van der Waals surface area contributed by atoms with Gasteiger partial charge in [-0.2, -0.15) is 8.61 Å². The van der Waals surface area contributed by atoms with Gasteiger partial charge in [0.15, 0.2) is 6.17 Å². The number of rotatable bonds is 7. The number of carbonyl (C=O) groups is 1. The molecule has 1 aliphatic heterocycles. The van der Waals surface area contributed by atoms with Gasteiger partial charge in [0.05, 0.1) is 24.0 Å². The number of hydrogen-bond donors (Lipinski definition) is 2. The first-order valence-electron chi connectivity index (χ1n) is 9.92.